The number of hydroxylamine groups is 2. The van der Waals surface area contributed by atoms with Gasteiger partial charge in [-0.2, -0.15) is 5.06 Å². The van der Waals surface area contributed by atoms with Gasteiger partial charge in [-0.3, -0.25) is 10.2 Å². The Kier molecular flexibility index (Phi) is 3.22. The van der Waals surface area contributed by atoms with Crippen molar-refractivity contribution < 1.29 is 15.1 Å². The molecule has 13 heavy (non-hydrogen) atoms. The van der Waals surface area contributed by atoms with Gasteiger partial charge < -0.3 is 5.11 Å². The molecule has 1 amide bonds. The maximum Gasteiger partial charge on any atom is 0.431 e. The molecular weight excluding hydrogens is 172 g/mol. The van der Waals surface area contributed by atoms with E-state index in [4.69, 9.17) is 10.3 Å². The van der Waals surface area contributed by atoms with Gasteiger partial charge in [0.1, 0.15) is 0 Å². The molecule has 0 unspecified atom stereocenters. The average molecular weight is 182 g/mol. The van der Waals surface area contributed by atoms with E-state index >= 15 is 0 Å². The first kappa shape index (κ1) is 9.47. The fraction of sp³-hybridized carbons (Fsp3) is 0.250. The van der Waals surface area contributed by atoms with E-state index in [-0.39, 0.29) is 11.6 Å². The highest BCUT2D eigenvalue weighted by atomic mass is 16.6. The minimum atomic E-state index is -1.34. The molecule has 0 saturated heterocycles. The number of aromatic nitrogens is 1. The van der Waals surface area contributed by atoms with Crippen LogP contribution in [0, 0.1) is 0 Å². The molecule has 0 spiro atoms. The third-order valence-corrected chi connectivity index (χ3v) is 1.58. The van der Waals surface area contributed by atoms with Gasteiger partial charge in [0.15, 0.2) is 0 Å². The van der Waals surface area contributed by atoms with Crippen molar-refractivity contribution in [3.05, 3.63) is 30.1 Å². The fourth-order valence-corrected chi connectivity index (χ4v) is 0.880. The van der Waals surface area contributed by atoms with Gasteiger partial charge in [0, 0.05) is 12.4 Å². The Morgan fingerprint density at radius 3 is 2.62 bits per heavy atom. The molecule has 70 valence electrons. The molecule has 1 aromatic rings. The second-order valence-electron chi connectivity index (χ2n) is 2.51. The molecule has 0 atom stereocenters. The van der Waals surface area contributed by atoms with Crippen LogP contribution in [0.1, 0.15) is 5.56 Å². The zero-order valence-electron chi connectivity index (χ0n) is 6.92. The van der Waals surface area contributed by atoms with Crippen molar-refractivity contribution in [3.8, 4) is 0 Å². The number of carbonyl (C=O) groups is 1. The number of rotatable bonds is 3. The molecule has 2 N–H and O–H groups in total. The number of hydrogen-bond acceptors (Lipinski definition) is 3. The van der Waals surface area contributed by atoms with Crippen LogP contribution in [0.3, 0.4) is 0 Å². The maximum atomic E-state index is 10.2. The maximum absolute atomic E-state index is 10.2. The van der Waals surface area contributed by atoms with E-state index in [1.54, 1.807) is 24.5 Å². The van der Waals surface area contributed by atoms with Crippen LogP contribution in [0.2, 0.25) is 0 Å². The Bertz CT molecular complexity index is 276. The summed E-state index contributed by atoms with van der Waals surface area (Å²) in [5.74, 6) is 0. The van der Waals surface area contributed by atoms with Gasteiger partial charge in [-0.25, -0.2) is 4.79 Å². The lowest BCUT2D eigenvalue weighted by Crippen LogP contribution is -2.27. The molecule has 0 aliphatic heterocycles. The second-order valence-corrected chi connectivity index (χ2v) is 2.51. The zero-order valence-corrected chi connectivity index (χ0v) is 6.92. The van der Waals surface area contributed by atoms with Crippen molar-refractivity contribution >= 4 is 6.09 Å². The smallest absolute Gasteiger partial charge is 0.431 e. The number of nitrogens with zero attached hydrogens (tertiary/aromatic N) is 2. The van der Waals surface area contributed by atoms with Gasteiger partial charge in [0.25, 0.3) is 0 Å². The summed E-state index contributed by atoms with van der Waals surface area (Å²) in [4.78, 5) is 14.0. The van der Waals surface area contributed by atoms with E-state index < -0.39 is 6.09 Å². The molecule has 5 heteroatoms. The van der Waals surface area contributed by atoms with Crippen LogP contribution < -0.4 is 0 Å². The molecule has 0 aliphatic rings. The standard InChI is InChI=1S/C8H10N2O3/c11-8(12)10(13)6-3-7-1-4-9-5-2-7/h1-2,4-5,13H,3,6H2,(H,11,12). The lowest BCUT2D eigenvalue weighted by Gasteiger charge is -2.09. The van der Waals surface area contributed by atoms with Crippen LogP contribution in [0.25, 0.3) is 0 Å². The normalized spacial score (nSPS) is 9.62. The quantitative estimate of drug-likeness (QED) is 0.540. The summed E-state index contributed by atoms with van der Waals surface area (Å²) in [5.41, 5.74) is 0.940. The highest BCUT2D eigenvalue weighted by molar-refractivity contribution is 5.63. The third kappa shape index (κ3) is 3.08. The van der Waals surface area contributed by atoms with Crippen molar-refractivity contribution in [1.29, 1.82) is 0 Å². The summed E-state index contributed by atoms with van der Waals surface area (Å²) in [6.45, 7) is 0.0688. The lowest BCUT2D eigenvalue weighted by atomic mass is 10.2. The van der Waals surface area contributed by atoms with Crippen molar-refractivity contribution in [2.75, 3.05) is 6.54 Å². The Morgan fingerprint density at radius 1 is 1.46 bits per heavy atom. The summed E-state index contributed by atoms with van der Waals surface area (Å²) >= 11 is 0. The van der Waals surface area contributed by atoms with E-state index in [9.17, 15) is 4.79 Å². The molecule has 0 aromatic carbocycles. The molecule has 0 radical (unpaired) electrons. The van der Waals surface area contributed by atoms with Crippen molar-refractivity contribution in [3.63, 3.8) is 0 Å². The van der Waals surface area contributed by atoms with E-state index in [2.05, 4.69) is 4.98 Å². The summed E-state index contributed by atoms with van der Waals surface area (Å²) in [7, 11) is 0. The predicted molar refractivity (Wildman–Crippen MR) is 44.5 cm³/mol. The molecule has 1 heterocycles. The average Bonchev–Trinajstić information content (AvgIpc) is 2.15. The highest BCUT2D eigenvalue weighted by Gasteiger charge is 2.06. The predicted octanol–water partition coefficient (Wildman–Crippen LogP) is 0.993. The van der Waals surface area contributed by atoms with Gasteiger partial charge in [-0.05, 0) is 24.1 Å². The van der Waals surface area contributed by atoms with E-state index in [1.165, 1.54) is 0 Å². The third-order valence-electron chi connectivity index (χ3n) is 1.58. The topological polar surface area (TPSA) is 73.7 Å². The van der Waals surface area contributed by atoms with Crippen LogP contribution in [0.15, 0.2) is 24.5 Å². The van der Waals surface area contributed by atoms with Gasteiger partial charge in [-0.15, -0.1) is 0 Å². The van der Waals surface area contributed by atoms with Gasteiger partial charge in [0.2, 0.25) is 0 Å². The summed E-state index contributed by atoms with van der Waals surface area (Å²) < 4.78 is 0. The first-order valence-corrected chi connectivity index (χ1v) is 3.78. The van der Waals surface area contributed by atoms with Crippen molar-refractivity contribution in [1.82, 2.24) is 10.0 Å². The molecular formula is C8H10N2O3. The van der Waals surface area contributed by atoms with Gasteiger partial charge in [0.05, 0.1) is 6.54 Å². The zero-order chi connectivity index (χ0) is 9.68. The first-order chi connectivity index (χ1) is 6.20. The van der Waals surface area contributed by atoms with Gasteiger partial charge >= 0.3 is 6.09 Å². The Morgan fingerprint density at radius 2 is 2.08 bits per heavy atom. The van der Waals surface area contributed by atoms with Gasteiger partial charge in [-0.1, -0.05) is 0 Å². The fourth-order valence-electron chi connectivity index (χ4n) is 0.880. The molecule has 5 nitrogen and oxygen atoms in total. The molecule has 0 saturated carbocycles. The number of carboxylic acid groups (broad SMARTS) is 1. The van der Waals surface area contributed by atoms with E-state index in [1.807, 2.05) is 0 Å². The molecule has 0 bridgehead atoms. The van der Waals surface area contributed by atoms with Crippen LogP contribution in [0.4, 0.5) is 4.79 Å². The summed E-state index contributed by atoms with van der Waals surface area (Å²) in [5, 5.41) is 17.4. The molecule has 0 aliphatic carbocycles. The van der Waals surface area contributed by atoms with Crippen molar-refractivity contribution in [2.45, 2.75) is 6.42 Å². The number of pyridine rings is 1. The Balaban J connectivity index is 2.39. The Labute approximate surface area is 75.2 Å². The lowest BCUT2D eigenvalue weighted by molar-refractivity contribution is -0.0626. The Hall–Kier alpha value is -1.62. The van der Waals surface area contributed by atoms with Crippen LogP contribution >= 0.6 is 0 Å². The van der Waals surface area contributed by atoms with E-state index in [0.29, 0.717) is 6.42 Å². The second kappa shape index (κ2) is 4.42. The first-order valence-electron chi connectivity index (χ1n) is 3.78. The van der Waals surface area contributed by atoms with Crippen molar-refractivity contribution in [2.24, 2.45) is 0 Å². The monoisotopic (exact) mass is 182 g/mol. The molecule has 1 rings (SSSR count). The number of amides is 1. The highest BCUT2D eigenvalue weighted by Crippen LogP contribution is 1.98. The minimum Gasteiger partial charge on any atom is -0.463 e. The minimum absolute atomic E-state index is 0.0688. The van der Waals surface area contributed by atoms with Crippen LogP contribution in [-0.4, -0.2) is 33.0 Å². The van der Waals surface area contributed by atoms with E-state index in [0.717, 1.165) is 5.56 Å². The van der Waals surface area contributed by atoms with Crippen LogP contribution in [0.5, 0.6) is 0 Å². The summed E-state index contributed by atoms with van der Waals surface area (Å²) in [6, 6.07) is 3.55. The number of hydrogen-bond donors (Lipinski definition) is 2. The largest absolute Gasteiger partial charge is 0.463 e. The summed E-state index contributed by atoms with van der Waals surface area (Å²) in [6.07, 6.45) is 2.38. The van der Waals surface area contributed by atoms with Crippen LogP contribution in [-0.2, 0) is 6.42 Å². The SMILES string of the molecule is O=C(O)N(O)CCc1ccncc1. The molecule has 1 aromatic heterocycles. The molecule has 0 fully saturated rings.